The topological polar surface area (TPSA) is 124 Å². The molecule has 2 fully saturated rings. The van der Waals surface area contributed by atoms with Gasteiger partial charge in [0.15, 0.2) is 11.6 Å². The normalized spacial score (nSPS) is 18.4. The molecule has 0 radical (unpaired) electrons. The van der Waals surface area contributed by atoms with Gasteiger partial charge in [0, 0.05) is 45.4 Å². The van der Waals surface area contributed by atoms with E-state index >= 15 is 0 Å². The SMILES string of the molecule is CC(=O)N(C)C1CCN(c2nc(Nc3cc(C(=O)NC4CC4)[nH]n3)c3cccn3n2)C1. The first-order chi connectivity index (χ1) is 15.0. The van der Waals surface area contributed by atoms with Crippen molar-refractivity contribution in [2.24, 2.45) is 0 Å². The zero-order chi connectivity index (χ0) is 21.5. The van der Waals surface area contributed by atoms with Crippen LogP contribution in [0.15, 0.2) is 24.4 Å². The van der Waals surface area contributed by atoms with Gasteiger partial charge >= 0.3 is 0 Å². The second-order valence-electron chi connectivity index (χ2n) is 8.16. The number of nitrogens with one attached hydrogen (secondary N) is 3. The van der Waals surface area contributed by atoms with Crippen molar-refractivity contribution >= 4 is 34.9 Å². The fourth-order valence-electron chi connectivity index (χ4n) is 3.76. The van der Waals surface area contributed by atoms with Gasteiger partial charge in [-0.2, -0.15) is 10.1 Å². The number of aromatic nitrogens is 5. The number of carbonyl (C=O) groups excluding carboxylic acids is 2. The predicted octanol–water partition coefficient (Wildman–Crippen LogP) is 1.15. The van der Waals surface area contributed by atoms with Crippen LogP contribution in [0.3, 0.4) is 0 Å². The predicted molar refractivity (Wildman–Crippen MR) is 114 cm³/mol. The molecule has 11 nitrogen and oxygen atoms in total. The van der Waals surface area contributed by atoms with E-state index in [9.17, 15) is 9.59 Å². The standard InChI is InChI=1S/C20H25N9O2/c1-12(30)27(2)14-7-9-28(11-14)20-23-18(16-4-3-8-29(16)26-20)22-17-10-15(24-25-17)19(31)21-13-5-6-13/h3-4,8,10,13-14H,5-7,9,11H2,1-2H3,(H,21,31)(H2,22,23,24,25,26). The monoisotopic (exact) mass is 423 g/mol. The summed E-state index contributed by atoms with van der Waals surface area (Å²) in [4.78, 5) is 32.5. The summed E-state index contributed by atoms with van der Waals surface area (Å²) in [6.45, 7) is 3.02. The van der Waals surface area contributed by atoms with Crippen LogP contribution in [0, 0.1) is 0 Å². The number of fused-ring (bicyclic) bond motifs is 1. The lowest BCUT2D eigenvalue weighted by Crippen LogP contribution is -2.38. The average Bonchev–Trinajstić information content (AvgIpc) is 3.19. The molecule has 31 heavy (non-hydrogen) atoms. The Morgan fingerprint density at radius 2 is 2.13 bits per heavy atom. The highest BCUT2D eigenvalue weighted by atomic mass is 16.2. The number of hydrogen-bond donors (Lipinski definition) is 3. The van der Waals surface area contributed by atoms with Gasteiger partial charge in [0.25, 0.3) is 5.91 Å². The number of nitrogens with zero attached hydrogens (tertiary/aromatic N) is 6. The first-order valence-corrected chi connectivity index (χ1v) is 10.4. The van der Waals surface area contributed by atoms with E-state index in [-0.39, 0.29) is 23.9 Å². The maximum Gasteiger partial charge on any atom is 0.269 e. The molecule has 0 spiro atoms. The minimum atomic E-state index is -0.156. The molecule has 3 aromatic heterocycles. The molecule has 0 bridgehead atoms. The van der Waals surface area contributed by atoms with Crippen LogP contribution >= 0.6 is 0 Å². The summed E-state index contributed by atoms with van der Waals surface area (Å²) in [7, 11) is 1.83. The van der Waals surface area contributed by atoms with Crippen molar-refractivity contribution in [3.63, 3.8) is 0 Å². The van der Waals surface area contributed by atoms with Crippen LogP contribution in [0.1, 0.15) is 36.7 Å². The first-order valence-electron chi connectivity index (χ1n) is 10.4. The van der Waals surface area contributed by atoms with Gasteiger partial charge in [0.1, 0.15) is 11.2 Å². The number of anilines is 3. The van der Waals surface area contributed by atoms with E-state index in [0.717, 1.165) is 31.3 Å². The lowest BCUT2D eigenvalue weighted by atomic mass is 10.2. The summed E-state index contributed by atoms with van der Waals surface area (Å²) in [5.41, 5.74) is 1.21. The molecule has 1 aliphatic carbocycles. The molecule has 3 N–H and O–H groups in total. The van der Waals surface area contributed by atoms with Crippen molar-refractivity contribution in [1.82, 2.24) is 35.0 Å². The highest BCUT2D eigenvalue weighted by Crippen LogP contribution is 2.25. The van der Waals surface area contributed by atoms with Crippen LogP contribution in [0.2, 0.25) is 0 Å². The molecule has 11 heteroatoms. The molecule has 162 valence electrons. The van der Waals surface area contributed by atoms with Gasteiger partial charge in [-0.15, -0.1) is 5.10 Å². The number of hydrogen-bond acceptors (Lipinski definition) is 7. The van der Waals surface area contributed by atoms with Crippen molar-refractivity contribution in [1.29, 1.82) is 0 Å². The molecule has 1 unspecified atom stereocenters. The molecule has 2 aliphatic rings. The second kappa shape index (κ2) is 7.56. The van der Waals surface area contributed by atoms with Gasteiger partial charge in [0.2, 0.25) is 11.9 Å². The zero-order valence-electron chi connectivity index (χ0n) is 17.5. The molecule has 5 rings (SSSR count). The Kier molecular flexibility index (Phi) is 4.72. The maximum atomic E-state index is 12.2. The third kappa shape index (κ3) is 3.90. The molecule has 1 atom stereocenters. The molecule has 4 heterocycles. The Morgan fingerprint density at radius 3 is 2.90 bits per heavy atom. The van der Waals surface area contributed by atoms with Gasteiger partial charge in [0.05, 0.1) is 6.04 Å². The summed E-state index contributed by atoms with van der Waals surface area (Å²) >= 11 is 0. The summed E-state index contributed by atoms with van der Waals surface area (Å²) < 4.78 is 1.76. The van der Waals surface area contributed by atoms with Crippen molar-refractivity contribution < 1.29 is 9.59 Å². The number of aromatic amines is 1. The second-order valence-corrected chi connectivity index (χ2v) is 8.16. The minimum absolute atomic E-state index is 0.0519. The zero-order valence-corrected chi connectivity index (χ0v) is 17.5. The lowest BCUT2D eigenvalue weighted by Gasteiger charge is -2.23. The molecule has 1 aliphatic heterocycles. The fourth-order valence-corrected chi connectivity index (χ4v) is 3.76. The number of H-pyrrole nitrogens is 1. The number of carbonyl (C=O) groups is 2. The van der Waals surface area contributed by atoms with Crippen molar-refractivity contribution in [2.75, 3.05) is 30.4 Å². The van der Waals surface area contributed by atoms with Crippen molar-refractivity contribution in [2.45, 2.75) is 38.3 Å². The minimum Gasteiger partial charge on any atom is -0.348 e. The Bertz CT molecular complexity index is 1130. The Labute approximate surface area is 178 Å². The Balaban J connectivity index is 1.37. The highest BCUT2D eigenvalue weighted by Gasteiger charge is 2.29. The van der Waals surface area contributed by atoms with Crippen LogP contribution in [0.5, 0.6) is 0 Å². The summed E-state index contributed by atoms with van der Waals surface area (Å²) in [6, 6.07) is 5.90. The van der Waals surface area contributed by atoms with Crippen molar-refractivity contribution in [3.8, 4) is 0 Å². The fraction of sp³-hybridized carbons (Fsp3) is 0.450. The van der Waals surface area contributed by atoms with E-state index in [1.54, 1.807) is 22.4 Å². The van der Waals surface area contributed by atoms with Gasteiger partial charge < -0.3 is 20.4 Å². The van der Waals surface area contributed by atoms with Gasteiger partial charge in [-0.25, -0.2) is 4.52 Å². The van der Waals surface area contributed by atoms with E-state index in [4.69, 9.17) is 4.98 Å². The third-order valence-corrected chi connectivity index (χ3v) is 5.85. The van der Waals surface area contributed by atoms with E-state index < -0.39 is 0 Å². The lowest BCUT2D eigenvalue weighted by molar-refractivity contribution is -0.129. The highest BCUT2D eigenvalue weighted by molar-refractivity contribution is 5.93. The van der Waals surface area contributed by atoms with Crippen LogP contribution in [-0.2, 0) is 4.79 Å². The molecule has 1 saturated carbocycles. The molecule has 1 saturated heterocycles. The Hall–Kier alpha value is -3.63. The summed E-state index contributed by atoms with van der Waals surface area (Å²) in [5.74, 6) is 1.57. The molecule has 3 aromatic rings. The smallest absolute Gasteiger partial charge is 0.269 e. The summed E-state index contributed by atoms with van der Waals surface area (Å²) in [5, 5.41) is 17.8. The van der Waals surface area contributed by atoms with Crippen LogP contribution in [-0.4, -0.2) is 73.7 Å². The third-order valence-electron chi connectivity index (χ3n) is 5.85. The quantitative estimate of drug-likeness (QED) is 0.543. The molecular weight excluding hydrogens is 398 g/mol. The van der Waals surface area contributed by atoms with Gasteiger partial charge in [-0.05, 0) is 31.4 Å². The van der Waals surface area contributed by atoms with Crippen LogP contribution in [0.4, 0.5) is 17.6 Å². The van der Waals surface area contributed by atoms with Crippen LogP contribution < -0.4 is 15.5 Å². The molecule has 0 aromatic carbocycles. The first kappa shape index (κ1) is 19.3. The number of likely N-dealkylation sites (N-methyl/N-ethyl adjacent to an activating group) is 1. The van der Waals surface area contributed by atoms with Gasteiger partial charge in [-0.3, -0.25) is 14.7 Å². The maximum absolute atomic E-state index is 12.2. The summed E-state index contributed by atoms with van der Waals surface area (Å²) in [6.07, 6.45) is 4.78. The average molecular weight is 423 g/mol. The van der Waals surface area contributed by atoms with Gasteiger partial charge in [-0.1, -0.05) is 0 Å². The van der Waals surface area contributed by atoms with E-state index in [2.05, 4.69) is 30.8 Å². The van der Waals surface area contributed by atoms with E-state index in [1.165, 1.54) is 0 Å². The Morgan fingerprint density at radius 1 is 1.29 bits per heavy atom. The molecule has 2 amide bonds. The number of rotatable bonds is 6. The van der Waals surface area contributed by atoms with Crippen LogP contribution in [0.25, 0.3) is 5.52 Å². The largest absolute Gasteiger partial charge is 0.348 e. The molecular formula is C20H25N9O2. The number of amides is 2. The van der Waals surface area contributed by atoms with E-state index in [1.807, 2.05) is 25.4 Å². The van der Waals surface area contributed by atoms with Crippen molar-refractivity contribution in [3.05, 3.63) is 30.1 Å². The van der Waals surface area contributed by atoms with E-state index in [0.29, 0.717) is 29.8 Å².